The molecule has 2 aromatic rings. The average Bonchev–Trinajstić information content (AvgIpc) is 3.19. The van der Waals surface area contributed by atoms with Gasteiger partial charge in [0.25, 0.3) is 0 Å². The SMILES string of the molecule is CCC[C@@H](NC(=O)N1C(=O)C(CC)(CC)C1OCC(=O)Cl)c1ccc2occc2c1. The fraction of sp³-hybridized carbons (Fsp3) is 0.500. The van der Waals surface area contributed by atoms with Crippen LogP contribution in [-0.2, 0) is 14.3 Å². The number of hydrogen-bond donors (Lipinski definition) is 1. The Hall–Kier alpha value is -2.38. The van der Waals surface area contributed by atoms with E-state index in [1.54, 1.807) is 6.26 Å². The lowest BCUT2D eigenvalue weighted by Crippen LogP contribution is -2.72. The Labute approximate surface area is 180 Å². The quantitative estimate of drug-likeness (QED) is 0.454. The molecule has 1 aromatic heterocycles. The monoisotopic (exact) mass is 434 g/mol. The number of nitrogens with one attached hydrogen (secondary N) is 1. The number of urea groups is 1. The normalized spacial score (nSPS) is 18.9. The lowest BCUT2D eigenvalue weighted by molar-refractivity contribution is -0.209. The topological polar surface area (TPSA) is 88.9 Å². The molecule has 162 valence electrons. The Morgan fingerprint density at radius 3 is 2.63 bits per heavy atom. The molecule has 8 heteroatoms. The molecule has 30 heavy (non-hydrogen) atoms. The minimum atomic E-state index is -0.820. The van der Waals surface area contributed by atoms with Gasteiger partial charge in [0, 0.05) is 5.39 Å². The maximum absolute atomic E-state index is 13.1. The van der Waals surface area contributed by atoms with Gasteiger partial charge in [-0.2, -0.15) is 0 Å². The van der Waals surface area contributed by atoms with E-state index in [4.69, 9.17) is 20.8 Å². The Morgan fingerprint density at radius 1 is 1.27 bits per heavy atom. The molecular formula is C22H27ClN2O5. The number of benzene rings is 1. The Bertz CT molecular complexity index is 937. The fourth-order valence-electron chi connectivity index (χ4n) is 4.14. The van der Waals surface area contributed by atoms with Gasteiger partial charge in [0.1, 0.15) is 12.2 Å². The first-order valence-electron chi connectivity index (χ1n) is 10.3. The number of rotatable bonds is 9. The van der Waals surface area contributed by atoms with Crippen LogP contribution in [0.4, 0.5) is 4.79 Å². The number of carbonyl (C=O) groups is 3. The summed E-state index contributed by atoms with van der Waals surface area (Å²) in [5, 5.41) is 3.24. The summed E-state index contributed by atoms with van der Waals surface area (Å²) in [7, 11) is 0. The summed E-state index contributed by atoms with van der Waals surface area (Å²) in [6.07, 6.45) is 3.36. The van der Waals surface area contributed by atoms with Crippen LogP contribution in [0.3, 0.4) is 0 Å². The number of imide groups is 1. The molecule has 2 heterocycles. The molecule has 0 bridgehead atoms. The molecule has 1 fully saturated rings. The molecule has 0 spiro atoms. The third-order valence-electron chi connectivity index (χ3n) is 5.94. The van der Waals surface area contributed by atoms with Gasteiger partial charge in [-0.1, -0.05) is 33.3 Å². The lowest BCUT2D eigenvalue weighted by atomic mass is 9.72. The maximum Gasteiger partial charge on any atom is 0.326 e. The summed E-state index contributed by atoms with van der Waals surface area (Å²) in [4.78, 5) is 38.2. The molecular weight excluding hydrogens is 408 g/mol. The predicted octanol–water partition coefficient (Wildman–Crippen LogP) is 4.74. The van der Waals surface area contributed by atoms with E-state index < -0.39 is 22.9 Å². The standard InChI is InChI=1S/C22H27ClN2O5/c1-4-7-16(14-8-9-17-15(12-14)10-11-29-17)24-21(28)25-19(27)22(5-2,6-3)20(25)30-13-18(23)26/h8-12,16,20H,4-7,13H2,1-3H3,(H,24,28)/t16-,20?/m1/s1. The number of halogens is 1. The van der Waals surface area contributed by atoms with E-state index in [1.807, 2.05) is 45.0 Å². The zero-order valence-corrected chi connectivity index (χ0v) is 18.2. The predicted molar refractivity (Wildman–Crippen MR) is 113 cm³/mol. The molecule has 2 atom stereocenters. The van der Waals surface area contributed by atoms with Crippen molar-refractivity contribution in [3.63, 3.8) is 0 Å². The second-order valence-corrected chi connectivity index (χ2v) is 7.99. The third-order valence-corrected chi connectivity index (χ3v) is 6.05. The van der Waals surface area contributed by atoms with Crippen molar-refractivity contribution < 1.29 is 23.5 Å². The van der Waals surface area contributed by atoms with Crippen LogP contribution in [0.1, 0.15) is 58.1 Å². The van der Waals surface area contributed by atoms with Crippen LogP contribution in [0.15, 0.2) is 34.9 Å². The molecule has 0 saturated carbocycles. The van der Waals surface area contributed by atoms with Crippen LogP contribution in [0.2, 0.25) is 0 Å². The summed E-state index contributed by atoms with van der Waals surface area (Å²) >= 11 is 5.41. The molecule has 7 nitrogen and oxygen atoms in total. The molecule has 1 aromatic carbocycles. The largest absolute Gasteiger partial charge is 0.464 e. The van der Waals surface area contributed by atoms with Crippen molar-refractivity contribution in [2.45, 2.75) is 58.7 Å². The highest BCUT2D eigenvalue weighted by Gasteiger charge is 2.62. The van der Waals surface area contributed by atoms with Gasteiger partial charge in [-0.05, 0) is 54.6 Å². The van der Waals surface area contributed by atoms with E-state index >= 15 is 0 Å². The Morgan fingerprint density at radius 2 is 2.00 bits per heavy atom. The van der Waals surface area contributed by atoms with Crippen LogP contribution in [-0.4, -0.2) is 34.9 Å². The first-order valence-corrected chi connectivity index (χ1v) is 10.7. The van der Waals surface area contributed by atoms with E-state index in [2.05, 4.69) is 5.32 Å². The van der Waals surface area contributed by atoms with Crippen molar-refractivity contribution in [1.82, 2.24) is 10.2 Å². The molecule has 1 aliphatic heterocycles. The van der Waals surface area contributed by atoms with Gasteiger partial charge in [-0.3, -0.25) is 9.59 Å². The second-order valence-electron chi connectivity index (χ2n) is 7.57. The van der Waals surface area contributed by atoms with Crippen molar-refractivity contribution in [3.05, 3.63) is 36.1 Å². The second kappa shape index (κ2) is 9.18. The van der Waals surface area contributed by atoms with E-state index in [0.717, 1.165) is 27.9 Å². The molecule has 3 amide bonds. The number of nitrogens with zero attached hydrogens (tertiary/aromatic N) is 1. The average molecular weight is 435 g/mol. The van der Waals surface area contributed by atoms with Gasteiger partial charge in [0.15, 0.2) is 6.23 Å². The molecule has 0 aliphatic carbocycles. The fourth-order valence-corrected chi connectivity index (χ4v) is 4.21. The highest BCUT2D eigenvalue weighted by atomic mass is 35.5. The summed E-state index contributed by atoms with van der Waals surface area (Å²) in [5.74, 6) is -0.294. The van der Waals surface area contributed by atoms with Crippen LogP contribution >= 0.6 is 11.6 Å². The minimum absolute atomic E-state index is 0.275. The zero-order valence-electron chi connectivity index (χ0n) is 17.4. The van der Waals surface area contributed by atoms with Crippen LogP contribution < -0.4 is 5.32 Å². The van der Waals surface area contributed by atoms with Gasteiger partial charge in [0.05, 0.1) is 17.7 Å². The number of furan rings is 1. The van der Waals surface area contributed by atoms with E-state index in [0.29, 0.717) is 19.3 Å². The molecule has 1 aliphatic rings. The van der Waals surface area contributed by atoms with Gasteiger partial charge in [-0.25, -0.2) is 9.69 Å². The van der Waals surface area contributed by atoms with Gasteiger partial charge >= 0.3 is 6.03 Å². The molecule has 3 rings (SSSR count). The molecule has 1 unspecified atom stereocenters. The van der Waals surface area contributed by atoms with Crippen LogP contribution in [0.25, 0.3) is 11.0 Å². The van der Waals surface area contributed by atoms with E-state index in [9.17, 15) is 14.4 Å². The first kappa shape index (κ1) is 22.3. The molecule has 1 saturated heterocycles. The number of β-lactam (4-membered cyclic amide) rings is 1. The van der Waals surface area contributed by atoms with Gasteiger partial charge in [-0.15, -0.1) is 0 Å². The smallest absolute Gasteiger partial charge is 0.326 e. The zero-order chi connectivity index (χ0) is 21.9. The number of ether oxygens (including phenoxy) is 1. The Kier molecular flexibility index (Phi) is 6.83. The summed E-state index contributed by atoms with van der Waals surface area (Å²) < 4.78 is 11.0. The number of carbonyl (C=O) groups excluding carboxylic acids is 3. The highest BCUT2D eigenvalue weighted by molar-refractivity contribution is 6.63. The van der Waals surface area contributed by atoms with E-state index in [-0.39, 0.29) is 18.6 Å². The van der Waals surface area contributed by atoms with Crippen molar-refractivity contribution in [1.29, 1.82) is 0 Å². The number of likely N-dealkylation sites (tertiary alicyclic amines) is 1. The molecule has 0 radical (unpaired) electrons. The number of amides is 3. The van der Waals surface area contributed by atoms with Crippen LogP contribution in [0, 0.1) is 5.41 Å². The maximum atomic E-state index is 13.1. The van der Waals surface area contributed by atoms with Crippen molar-refractivity contribution >= 4 is 39.8 Å². The third kappa shape index (κ3) is 3.96. The van der Waals surface area contributed by atoms with Gasteiger partial charge < -0.3 is 14.5 Å². The summed E-state index contributed by atoms with van der Waals surface area (Å²) in [6, 6.07) is 6.81. The summed E-state index contributed by atoms with van der Waals surface area (Å²) in [6.45, 7) is 5.41. The number of fused-ring (bicyclic) bond motifs is 1. The lowest BCUT2D eigenvalue weighted by Gasteiger charge is -2.53. The minimum Gasteiger partial charge on any atom is -0.464 e. The van der Waals surface area contributed by atoms with E-state index in [1.165, 1.54) is 0 Å². The van der Waals surface area contributed by atoms with Crippen molar-refractivity contribution in [3.8, 4) is 0 Å². The summed E-state index contributed by atoms with van der Waals surface area (Å²) in [5.41, 5.74) is 0.880. The number of hydrogen-bond acceptors (Lipinski definition) is 5. The molecule has 1 N–H and O–H groups in total. The van der Waals surface area contributed by atoms with Crippen molar-refractivity contribution in [2.24, 2.45) is 5.41 Å². The van der Waals surface area contributed by atoms with Gasteiger partial charge in [0.2, 0.25) is 11.1 Å². The Balaban J connectivity index is 1.81. The van der Waals surface area contributed by atoms with Crippen LogP contribution in [0.5, 0.6) is 0 Å². The van der Waals surface area contributed by atoms with Crippen molar-refractivity contribution in [2.75, 3.05) is 6.61 Å². The first-order chi connectivity index (χ1) is 14.4. The highest BCUT2D eigenvalue weighted by Crippen LogP contribution is 2.46.